The second-order valence-electron chi connectivity index (χ2n) is 7.78. The van der Waals surface area contributed by atoms with E-state index in [0.717, 1.165) is 44.2 Å². The molecule has 2 aliphatic rings. The van der Waals surface area contributed by atoms with Gasteiger partial charge in [0.1, 0.15) is 5.82 Å². The smallest absolute Gasteiger partial charge is 0.409 e. The zero-order valence-corrected chi connectivity index (χ0v) is 18.9. The van der Waals surface area contributed by atoms with Crippen molar-refractivity contribution in [2.24, 2.45) is 4.99 Å². The number of nitrogens with one attached hydrogen (secondary N) is 1. The molecule has 0 aliphatic carbocycles. The van der Waals surface area contributed by atoms with E-state index in [-0.39, 0.29) is 11.9 Å². The summed E-state index contributed by atoms with van der Waals surface area (Å²) in [5.74, 6) is 0.575. The molecular weight excluding hydrogens is 399 g/mol. The molecule has 2 aliphatic heterocycles. The van der Waals surface area contributed by atoms with Crippen LogP contribution >= 0.6 is 0 Å². The number of piperazine rings is 2. The molecule has 2 fully saturated rings. The number of halogens is 1. The van der Waals surface area contributed by atoms with Crippen molar-refractivity contribution in [2.45, 2.75) is 20.4 Å². The number of likely N-dealkylation sites (N-methyl/N-ethyl adjacent to an activating group) is 1. The number of rotatable bonds is 5. The van der Waals surface area contributed by atoms with Crippen molar-refractivity contribution < 1.29 is 13.9 Å². The van der Waals surface area contributed by atoms with Crippen LogP contribution in [0, 0.1) is 5.82 Å². The van der Waals surface area contributed by atoms with E-state index in [1.54, 1.807) is 18.0 Å². The van der Waals surface area contributed by atoms with Crippen molar-refractivity contribution in [3.63, 3.8) is 0 Å². The first kappa shape index (κ1) is 23.1. The van der Waals surface area contributed by atoms with Crippen LogP contribution < -0.4 is 10.2 Å². The average Bonchev–Trinajstić information content (AvgIpc) is 2.80. The minimum Gasteiger partial charge on any atom is -0.450 e. The molecule has 0 radical (unpaired) electrons. The highest BCUT2D eigenvalue weighted by Crippen LogP contribution is 2.22. The number of benzene rings is 1. The second kappa shape index (κ2) is 11.2. The Morgan fingerprint density at radius 3 is 2.32 bits per heavy atom. The van der Waals surface area contributed by atoms with Gasteiger partial charge in [-0.3, -0.25) is 4.99 Å². The molecule has 1 aromatic rings. The maximum Gasteiger partial charge on any atom is 0.409 e. The van der Waals surface area contributed by atoms with Gasteiger partial charge in [-0.15, -0.1) is 0 Å². The molecule has 8 nitrogen and oxygen atoms in total. The van der Waals surface area contributed by atoms with E-state index in [1.165, 1.54) is 0 Å². The first-order valence-electron chi connectivity index (χ1n) is 11.2. The number of ether oxygens (including phenoxy) is 1. The van der Waals surface area contributed by atoms with Gasteiger partial charge >= 0.3 is 6.09 Å². The number of hydrogen-bond donors (Lipinski definition) is 1. The Labute approximate surface area is 184 Å². The lowest BCUT2D eigenvalue weighted by atomic mass is 10.1. The number of aliphatic imine (C=N–C) groups is 1. The lowest BCUT2D eigenvalue weighted by molar-refractivity contribution is 0.0914. The number of anilines is 1. The molecule has 2 heterocycles. The predicted molar refractivity (Wildman–Crippen MR) is 121 cm³/mol. The van der Waals surface area contributed by atoms with Crippen LogP contribution in [0.5, 0.6) is 0 Å². The topological polar surface area (TPSA) is 63.7 Å². The van der Waals surface area contributed by atoms with Crippen molar-refractivity contribution in [3.8, 4) is 0 Å². The molecule has 0 atom stereocenters. The first-order chi connectivity index (χ1) is 15.0. The molecule has 1 amide bonds. The van der Waals surface area contributed by atoms with E-state index in [9.17, 15) is 9.18 Å². The highest BCUT2D eigenvalue weighted by molar-refractivity contribution is 5.80. The Kier molecular flexibility index (Phi) is 8.34. The summed E-state index contributed by atoms with van der Waals surface area (Å²) in [5, 5.41) is 3.32. The third kappa shape index (κ3) is 6.00. The van der Waals surface area contributed by atoms with Crippen LogP contribution in [0.4, 0.5) is 14.9 Å². The summed E-state index contributed by atoms with van der Waals surface area (Å²) in [4.78, 5) is 24.5. The highest BCUT2D eigenvalue weighted by atomic mass is 19.1. The molecule has 0 spiro atoms. The van der Waals surface area contributed by atoms with E-state index in [2.05, 4.69) is 31.9 Å². The van der Waals surface area contributed by atoms with Crippen LogP contribution in [0.1, 0.15) is 19.4 Å². The largest absolute Gasteiger partial charge is 0.450 e. The zero-order valence-electron chi connectivity index (χ0n) is 18.9. The van der Waals surface area contributed by atoms with E-state index >= 15 is 0 Å². The van der Waals surface area contributed by atoms with Crippen LogP contribution in [0.2, 0.25) is 0 Å². The van der Waals surface area contributed by atoms with Crippen LogP contribution in [-0.2, 0) is 11.3 Å². The molecular formula is C22H35FN6O2. The number of hydrogen-bond acceptors (Lipinski definition) is 5. The van der Waals surface area contributed by atoms with Gasteiger partial charge in [0.25, 0.3) is 0 Å². The van der Waals surface area contributed by atoms with E-state index in [4.69, 9.17) is 4.74 Å². The number of guanidine groups is 1. The van der Waals surface area contributed by atoms with Gasteiger partial charge in [-0.1, -0.05) is 13.0 Å². The minimum atomic E-state index is -0.267. The van der Waals surface area contributed by atoms with Crippen molar-refractivity contribution in [2.75, 3.05) is 77.5 Å². The van der Waals surface area contributed by atoms with E-state index in [1.807, 2.05) is 19.1 Å². The van der Waals surface area contributed by atoms with Gasteiger partial charge < -0.3 is 29.7 Å². The van der Waals surface area contributed by atoms with Crippen LogP contribution in [0.15, 0.2) is 23.2 Å². The monoisotopic (exact) mass is 434 g/mol. The maximum atomic E-state index is 14.8. The maximum absolute atomic E-state index is 14.8. The SMILES string of the molecule is CCOC(=O)N1CCN(C(=NC)NCc2ccc(N3CCN(CC)CC3)c(F)c2)CC1. The average molecular weight is 435 g/mol. The van der Waals surface area contributed by atoms with Gasteiger partial charge in [-0.05, 0) is 31.2 Å². The zero-order chi connectivity index (χ0) is 22.2. The Bertz CT molecular complexity index is 758. The fourth-order valence-corrected chi connectivity index (χ4v) is 4.05. The Hall–Kier alpha value is -2.55. The standard InChI is InChI=1S/C22H35FN6O2/c1-4-26-8-10-27(11-9-26)20-7-6-18(16-19(20)23)17-25-21(24-3)28-12-14-29(15-13-28)22(30)31-5-2/h6-7,16H,4-5,8-15,17H2,1-3H3,(H,24,25). The highest BCUT2D eigenvalue weighted by Gasteiger charge is 2.24. The molecule has 0 saturated carbocycles. The van der Waals surface area contributed by atoms with Crippen molar-refractivity contribution in [1.82, 2.24) is 20.0 Å². The molecule has 2 saturated heterocycles. The molecule has 1 aromatic carbocycles. The third-order valence-electron chi connectivity index (χ3n) is 5.94. The summed E-state index contributed by atoms with van der Waals surface area (Å²) < 4.78 is 19.8. The first-order valence-corrected chi connectivity index (χ1v) is 11.2. The van der Waals surface area contributed by atoms with Crippen LogP contribution in [0.3, 0.4) is 0 Å². The summed E-state index contributed by atoms with van der Waals surface area (Å²) in [6, 6.07) is 5.47. The minimum absolute atomic E-state index is 0.178. The quantitative estimate of drug-likeness (QED) is 0.564. The number of carbonyl (C=O) groups excluding carboxylic acids is 1. The summed E-state index contributed by atoms with van der Waals surface area (Å²) in [5.41, 5.74) is 1.55. The van der Waals surface area contributed by atoms with E-state index in [0.29, 0.717) is 45.0 Å². The van der Waals surface area contributed by atoms with Crippen molar-refractivity contribution in [3.05, 3.63) is 29.6 Å². The summed E-state index contributed by atoms with van der Waals surface area (Å²) in [6.07, 6.45) is -0.267. The van der Waals surface area contributed by atoms with Gasteiger partial charge in [-0.25, -0.2) is 9.18 Å². The van der Waals surface area contributed by atoms with Gasteiger partial charge in [0.05, 0.1) is 12.3 Å². The second-order valence-corrected chi connectivity index (χ2v) is 7.78. The van der Waals surface area contributed by atoms with Crippen molar-refractivity contribution in [1.29, 1.82) is 0 Å². The summed E-state index contributed by atoms with van der Waals surface area (Å²) >= 11 is 0. The van der Waals surface area contributed by atoms with Crippen molar-refractivity contribution >= 4 is 17.7 Å². The van der Waals surface area contributed by atoms with E-state index < -0.39 is 0 Å². The van der Waals surface area contributed by atoms with Gasteiger partial charge in [0, 0.05) is 66.0 Å². The van der Waals surface area contributed by atoms with Crippen LogP contribution in [0.25, 0.3) is 0 Å². The summed E-state index contributed by atoms with van der Waals surface area (Å²) in [7, 11) is 1.74. The Balaban J connectivity index is 1.51. The number of amides is 1. The molecule has 1 N–H and O–H groups in total. The predicted octanol–water partition coefficient (Wildman–Crippen LogP) is 1.82. The summed E-state index contributed by atoms with van der Waals surface area (Å²) in [6.45, 7) is 12.1. The fourth-order valence-electron chi connectivity index (χ4n) is 4.05. The lowest BCUT2D eigenvalue weighted by Gasteiger charge is -2.36. The van der Waals surface area contributed by atoms with Gasteiger partial charge in [0.15, 0.2) is 5.96 Å². The normalized spacial score (nSPS) is 18.3. The molecule has 9 heteroatoms. The molecule has 0 bridgehead atoms. The molecule has 0 unspecified atom stereocenters. The molecule has 0 aromatic heterocycles. The van der Waals surface area contributed by atoms with Gasteiger partial charge in [0.2, 0.25) is 0 Å². The fraction of sp³-hybridized carbons (Fsp3) is 0.636. The molecule has 31 heavy (non-hydrogen) atoms. The molecule has 3 rings (SSSR count). The Morgan fingerprint density at radius 2 is 1.74 bits per heavy atom. The number of nitrogens with zero attached hydrogens (tertiary/aromatic N) is 5. The number of carbonyl (C=O) groups is 1. The van der Waals surface area contributed by atoms with Crippen LogP contribution in [-0.4, -0.2) is 99.3 Å². The molecule has 172 valence electrons. The lowest BCUT2D eigenvalue weighted by Crippen LogP contribution is -2.53. The third-order valence-corrected chi connectivity index (χ3v) is 5.94. The Morgan fingerprint density at radius 1 is 1.06 bits per heavy atom. The van der Waals surface area contributed by atoms with Gasteiger partial charge in [-0.2, -0.15) is 0 Å².